The van der Waals surface area contributed by atoms with Crippen molar-refractivity contribution in [3.8, 4) is 16.9 Å². The predicted octanol–water partition coefficient (Wildman–Crippen LogP) is 3.60. The summed E-state index contributed by atoms with van der Waals surface area (Å²) < 4.78 is 42.8. The van der Waals surface area contributed by atoms with Crippen LogP contribution in [0.25, 0.3) is 16.9 Å². The van der Waals surface area contributed by atoms with Gasteiger partial charge in [-0.15, -0.1) is 0 Å². The highest BCUT2D eigenvalue weighted by atomic mass is 32.2. The molecule has 0 aliphatic rings. The van der Waals surface area contributed by atoms with E-state index in [-0.39, 0.29) is 16.7 Å². The van der Waals surface area contributed by atoms with E-state index in [0.29, 0.717) is 18.5 Å². The van der Waals surface area contributed by atoms with Crippen LogP contribution in [0.3, 0.4) is 0 Å². The number of hydrogen-bond acceptors (Lipinski definition) is 5. The van der Waals surface area contributed by atoms with Gasteiger partial charge in [0.15, 0.2) is 0 Å². The van der Waals surface area contributed by atoms with Crippen LogP contribution >= 0.6 is 0 Å². The van der Waals surface area contributed by atoms with Gasteiger partial charge in [0.25, 0.3) is 0 Å². The van der Waals surface area contributed by atoms with Gasteiger partial charge in [-0.1, -0.05) is 6.42 Å². The molecule has 0 spiro atoms. The van der Waals surface area contributed by atoms with Crippen molar-refractivity contribution in [3.63, 3.8) is 0 Å². The van der Waals surface area contributed by atoms with Crippen molar-refractivity contribution in [1.82, 2.24) is 9.78 Å². The minimum absolute atomic E-state index is 0.0116. The maximum atomic E-state index is 13.4. The molecule has 2 aromatic carbocycles. The molecule has 0 atom stereocenters. The van der Waals surface area contributed by atoms with E-state index >= 15 is 0 Å². The summed E-state index contributed by atoms with van der Waals surface area (Å²) in [5.74, 6) is -0.552. The van der Waals surface area contributed by atoms with E-state index in [2.05, 4.69) is 9.84 Å². The average molecular weight is 446 g/mol. The number of aryl methyl sites for hydroxylation is 1. The van der Waals surface area contributed by atoms with Crippen molar-refractivity contribution in [2.45, 2.75) is 37.0 Å². The number of carbonyl (C=O) groups excluding carboxylic acids is 1. The summed E-state index contributed by atoms with van der Waals surface area (Å²) in [7, 11) is -2.42. The molecule has 0 fully saturated rings. The van der Waals surface area contributed by atoms with Gasteiger partial charge in [-0.05, 0) is 73.9 Å². The monoisotopic (exact) mass is 445 g/mol. The minimum atomic E-state index is -3.79. The zero-order valence-electron chi connectivity index (χ0n) is 17.1. The van der Waals surface area contributed by atoms with E-state index in [1.165, 1.54) is 31.4 Å². The lowest BCUT2D eigenvalue weighted by Gasteiger charge is -2.08. The van der Waals surface area contributed by atoms with Crippen molar-refractivity contribution in [1.29, 1.82) is 0 Å². The molecule has 0 saturated carbocycles. The number of nitrogens with two attached hydrogens (primary N) is 1. The van der Waals surface area contributed by atoms with Gasteiger partial charge in [-0.25, -0.2) is 22.6 Å². The molecule has 0 aliphatic carbocycles. The summed E-state index contributed by atoms with van der Waals surface area (Å²) >= 11 is 0. The molecular weight excluding hydrogens is 421 g/mol. The fourth-order valence-electron chi connectivity index (χ4n) is 3.21. The number of esters is 1. The summed E-state index contributed by atoms with van der Waals surface area (Å²) in [4.78, 5) is 11.2. The smallest absolute Gasteiger partial charge is 0.305 e. The molecule has 0 amide bonds. The van der Waals surface area contributed by atoms with E-state index in [0.717, 1.165) is 36.2 Å². The van der Waals surface area contributed by atoms with Gasteiger partial charge in [-0.3, -0.25) is 4.79 Å². The van der Waals surface area contributed by atoms with Gasteiger partial charge >= 0.3 is 5.97 Å². The van der Waals surface area contributed by atoms with Crippen LogP contribution in [0.5, 0.6) is 0 Å². The van der Waals surface area contributed by atoms with E-state index in [4.69, 9.17) is 5.14 Å². The van der Waals surface area contributed by atoms with Crippen molar-refractivity contribution in [2.24, 2.45) is 5.14 Å². The molecule has 164 valence electrons. The molecular formula is C22H24FN3O4S. The Balaban J connectivity index is 1.84. The zero-order chi connectivity index (χ0) is 22.4. The maximum Gasteiger partial charge on any atom is 0.305 e. The summed E-state index contributed by atoms with van der Waals surface area (Å²) in [6, 6.07) is 14.1. The molecule has 0 radical (unpaired) electrons. The number of carbonyl (C=O) groups is 1. The third-order valence-electron chi connectivity index (χ3n) is 4.85. The number of nitrogens with zero attached hydrogens (tertiary/aromatic N) is 2. The van der Waals surface area contributed by atoms with Crippen molar-refractivity contribution in [2.75, 3.05) is 7.11 Å². The number of halogens is 1. The highest BCUT2D eigenvalue weighted by molar-refractivity contribution is 7.89. The van der Waals surface area contributed by atoms with Crippen LogP contribution < -0.4 is 5.14 Å². The number of primary sulfonamides is 1. The molecule has 3 aromatic rings. The molecule has 1 aromatic heterocycles. The summed E-state index contributed by atoms with van der Waals surface area (Å²) in [5, 5.41) is 9.85. The number of benzene rings is 2. The molecule has 9 heteroatoms. The van der Waals surface area contributed by atoms with Gasteiger partial charge in [0, 0.05) is 12.0 Å². The Labute approximate surface area is 180 Å². The first kappa shape index (κ1) is 22.6. The number of rotatable bonds is 9. The van der Waals surface area contributed by atoms with Gasteiger partial charge in [0.05, 0.1) is 29.1 Å². The molecule has 0 unspecified atom stereocenters. The largest absolute Gasteiger partial charge is 0.469 e. The molecule has 3 rings (SSSR count). The lowest BCUT2D eigenvalue weighted by atomic mass is 10.1. The molecule has 1 heterocycles. The van der Waals surface area contributed by atoms with Crippen LogP contribution in [-0.4, -0.2) is 31.3 Å². The number of aromatic nitrogens is 2. The number of ether oxygens (including phenoxy) is 1. The van der Waals surface area contributed by atoms with Crippen molar-refractivity contribution >= 4 is 16.0 Å². The van der Waals surface area contributed by atoms with E-state index in [1.54, 1.807) is 28.9 Å². The van der Waals surface area contributed by atoms with Crippen LogP contribution in [0.2, 0.25) is 0 Å². The SMILES string of the molecule is COC(=O)CCCCCc1cc(-c2ccc(F)cc2)n(-c2ccc(S(N)(=O)=O)cc2)n1. The quantitative estimate of drug-likeness (QED) is 0.400. The molecule has 7 nitrogen and oxygen atoms in total. The Hall–Kier alpha value is -3.04. The highest BCUT2D eigenvalue weighted by Crippen LogP contribution is 2.26. The van der Waals surface area contributed by atoms with Crippen LogP contribution in [0.4, 0.5) is 4.39 Å². The Kier molecular flexibility index (Phi) is 7.19. The Morgan fingerprint density at radius 3 is 2.35 bits per heavy atom. The number of unbranched alkanes of at least 4 members (excludes halogenated alkanes) is 2. The van der Waals surface area contributed by atoms with Crippen LogP contribution in [0.1, 0.15) is 31.4 Å². The summed E-state index contributed by atoms with van der Waals surface area (Å²) in [6.45, 7) is 0. The lowest BCUT2D eigenvalue weighted by Crippen LogP contribution is -2.12. The standard InChI is InChI=1S/C22H24FN3O4S/c1-30-22(27)6-4-2-3-5-18-15-21(16-7-9-17(23)10-8-16)26(25-18)19-11-13-20(14-12-19)31(24,28)29/h7-15H,2-6H2,1H3,(H2,24,28,29). The first-order valence-electron chi connectivity index (χ1n) is 9.83. The lowest BCUT2D eigenvalue weighted by molar-refractivity contribution is -0.140. The second-order valence-corrected chi connectivity index (χ2v) is 8.68. The Bertz CT molecular complexity index is 1140. The first-order valence-corrected chi connectivity index (χ1v) is 11.4. The fraction of sp³-hybridized carbons (Fsp3) is 0.273. The Morgan fingerprint density at radius 1 is 1.06 bits per heavy atom. The highest BCUT2D eigenvalue weighted by Gasteiger charge is 2.14. The van der Waals surface area contributed by atoms with Gasteiger partial charge in [0.2, 0.25) is 10.0 Å². The van der Waals surface area contributed by atoms with E-state index in [1.807, 2.05) is 6.07 Å². The molecule has 0 aliphatic heterocycles. The van der Waals surface area contributed by atoms with E-state index in [9.17, 15) is 17.6 Å². The number of methoxy groups -OCH3 is 1. The predicted molar refractivity (Wildman–Crippen MR) is 115 cm³/mol. The molecule has 2 N–H and O–H groups in total. The number of sulfonamides is 1. The third kappa shape index (κ3) is 5.99. The minimum Gasteiger partial charge on any atom is -0.469 e. The second-order valence-electron chi connectivity index (χ2n) is 7.12. The van der Waals surface area contributed by atoms with Gasteiger partial charge < -0.3 is 4.74 Å². The molecule has 0 saturated heterocycles. The van der Waals surface area contributed by atoms with Crippen LogP contribution in [0.15, 0.2) is 59.5 Å². The van der Waals surface area contributed by atoms with Crippen molar-refractivity contribution < 1.29 is 22.3 Å². The topological polar surface area (TPSA) is 104 Å². The maximum absolute atomic E-state index is 13.4. The van der Waals surface area contributed by atoms with Gasteiger partial charge in [0.1, 0.15) is 5.82 Å². The summed E-state index contributed by atoms with van der Waals surface area (Å²) in [6.07, 6.45) is 3.55. The average Bonchev–Trinajstić information content (AvgIpc) is 3.17. The third-order valence-corrected chi connectivity index (χ3v) is 5.78. The number of hydrogen-bond donors (Lipinski definition) is 1. The Morgan fingerprint density at radius 2 is 1.74 bits per heavy atom. The van der Waals surface area contributed by atoms with E-state index < -0.39 is 10.0 Å². The first-order chi connectivity index (χ1) is 14.8. The zero-order valence-corrected chi connectivity index (χ0v) is 17.9. The molecule has 0 bridgehead atoms. The van der Waals surface area contributed by atoms with Crippen molar-refractivity contribution in [3.05, 3.63) is 66.1 Å². The van der Waals surface area contributed by atoms with Gasteiger partial charge in [-0.2, -0.15) is 5.10 Å². The fourth-order valence-corrected chi connectivity index (χ4v) is 3.72. The summed E-state index contributed by atoms with van der Waals surface area (Å²) in [5.41, 5.74) is 3.03. The van der Waals surface area contributed by atoms with Crippen LogP contribution in [0, 0.1) is 5.82 Å². The normalized spacial score (nSPS) is 11.5. The van der Waals surface area contributed by atoms with Crippen LogP contribution in [-0.2, 0) is 26.0 Å². The second kappa shape index (κ2) is 9.84. The molecule has 31 heavy (non-hydrogen) atoms.